The van der Waals surface area contributed by atoms with Crippen LogP contribution in [-0.2, 0) is 0 Å². The molecule has 0 aliphatic rings. The van der Waals surface area contributed by atoms with Crippen LogP contribution in [0.4, 0.5) is 0 Å². The molecule has 0 aliphatic heterocycles. The Morgan fingerprint density at radius 2 is 2.05 bits per heavy atom. The second-order valence-electron chi connectivity index (χ2n) is 6.35. The van der Waals surface area contributed by atoms with E-state index < -0.39 is 7.22 Å². The van der Waals surface area contributed by atoms with Gasteiger partial charge < -0.3 is 0 Å². The maximum Gasteiger partial charge on any atom is 0.108 e. The summed E-state index contributed by atoms with van der Waals surface area (Å²) in [5.74, 6) is 0. The summed E-state index contributed by atoms with van der Waals surface area (Å²) in [6.07, 6.45) is 5.81. The Bertz CT molecular complexity index is 423. The number of hydrogen-bond donors (Lipinski definition) is 0. The highest BCUT2D eigenvalue weighted by molar-refractivity contribution is 8.29. The first-order valence-electron chi connectivity index (χ1n) is 7.65. The molecule has 0 amide bonds. The number of aliphatic imine (C=N–C) groups is 1. The van der Waals surface area contributed by atoms with E-state index in [0.29, 0.717) is 0 Å². The van der Waals surface area contributed by atoms with Gasteiger partial charge in [-0.3, -0.25) is 4.99 Å². The number of hydrogen-bond acceptors (Lipinski definition) is 2. The summed E-state index contributed by atoms with van der Waals surface area (Å²) < 4.78 is 0. The van der Waals surface area contributed by atoms with Gasteiger partial charge >= 0.3 is 0 Å². The molecule has 1 aromatic rings. The van der Waals surface area contributed by atoms with Crippen LogP contribution in [0.25, 0.3) is 0 Å². The molecule has 0 bridgehead atoms. The zero-order valence-electron chi connectivity index (χ0n) is 13.6. The number of aryl methyl sites for hydroxylation is 1. The lowest BCUT2D eigenvalue weighted by Crippen LogP contribution is -2.20. The molecule has 0 saturated carbocycles. The van der Waals surface area contributed by atoms with E-state index in [-0.39, 0.29) is 0 Å². The first-order chi connectivity index (χ1) is 9.40. The van der Waals surface area contributed by atoms with E-state index in [2.05, 4.69) is 74.0 Å². The zero-order chi connectivity index (χ0) is 15.0. The Morgan fingerprint density at radius 1 is 1.30 bits per heavy atom. The van der Waals surface area contributed by atoms with Gasteiger partial charge in [0.25, 0.3) is 0 Å². The van der Waals surface area contributed by atoms with Gasteiger partial charge in [-0.15, -0.1) is 0 Å². The Hall–Kier alpha value is -0.543. The van der Waals surface area contributed by atoms with Gasteiger partial charge in [-0.2, -0.15) is 11.2 Å². The average molecular weight is 308 g/mol. The predicted octanol–water partition coefficient (Wildman–Crippen LogP) is 5.54. The van der Waals surface area contributed by atoms with Crippen LogP contribution >= 0.6 is 11.2 Å². The maximum atomic E-state index is 4.56. The van der Waals surface area contributed by atoms with Gasteiger partial charge in [0.2, 0.25) is 0 Å². The second-order valence-corrected chi connectivity index (χ2v) is 15.9. The fourth-order valence-electron chi connectivity index (χ4n) is 2.18. The van der Waals surface area contributed by atoms with Crippen LogP contribution in [0, 0.1) is 6.92 Å². The third-order valence-electron chi connectivity index (χ3n) is 3.07. The summed E-state index contributed by atoms with van der Waals surface area (Å²) in [5.41, 5.74) is 2.51. The summed E-state index contributed by atoms with van der Waals surface area (Å²) in [6, 6.07) is 8.51. The lowest BCUT2D eigenvalue weighted by Gasteiger charge is -2.23. The molecule has 3 heteroatoms. The minimum atomic E-state index is -0.990. The fraction of sp³-hybridized carbons (Fsp3) is 0.588. The standard InChI is InChI=1S/C17H29NSSi/c1-6-17(19-20(3,4)5)11-8-12-18-14-16-10-7-9-15(2)13-16/h7,9-10,13-14,17H,6,8,11-12H2,1-5H3/b18-14+. The lowest BCUT2D eigenvalue weighted by molar-refractivity contribution is 0.693. The summed E-state index contributed by atoms with van der Waals surface area (Å²) in [5, 5.41) is 0.829. The van der Waals surface area contributed by atoms with Crippen LogP contribution in [0.2, 0.25) is 19.6 Å². The van der Waals surface area contributed by atoms with Crippen LogP contribution in [0.5, 0.6) is 0 Å². The third kappa shape index (κ3) is 7.90. The van der Waals surface area contributed by atoms with E-state index in [0.717, 1.165) is 11.8 Å². The SMILES string of the molecule is CCC(CCC/N=C/c1cccc(C)c1)S[Si](C)(C)C. The molecule has 1 nitrogen and oxygen atoms in total. The molecule has 0 aliphatic carbocycles. The maximum absolute atomic E-state index is 4.56. The van der Waals surface area contributed by atoms with Crippen LogP contribution in [0.1, 0.15) is 37.3 Å². The highest BCUT2D eigenvalue weighted by atomic mass is 32.4. The topological polar surface area (TPSA) is 12.4 Å². The van der Waals surface area contributed by atoms with Gasteiger partial charge in [0.15, 0.2) is 0 Å². The average Bonchev–Trinajstić information content (AvgIpc) is 2.35. The van der Waals surface area contributed by atoms with Crippen LogP contribution in [0.15, 0.2) is 29.3 Å². The molecule has 0 aromatic heterocycles. The molecule has 1 atom stereocenters. The molecule has 0 saturated heterocycles. The predicted molar refractivity (Wildman–Crippen MR) is 97.9 cm³/mol. The molecule has 0 N–H and O–H groups in total. The minimum absolute atomic E-state index is 0.829. The fourth-order valence-corrected chi connectivity index (χ4v) is 7.48. The number of benzene rings is 1. The molecular weight excluding hydrogens is 278 g/mol. The largest absolute Gasteiger partial charge is 0.293 e. The second kappa shape index (κ2) is 8.68. The third-order valence-corrected chi connectivity index (χ3v) is 7.80. The lowest BCUT2D eigenvalue weighted by atomic mass is 10.1. The quantitative estimate of drug-likeness (QED) is 0.349. The number of rotatable bonds is 8. The van der Waals surface area contributed by atoms with Crippen molar-refractivity contribution in [3.8, 4) is 0 Å². The zero-order valence-corrected chi connectivity index (χ0v) is 15.5. The van der Waals surface area contributed by atoms with E-state index in [1.807, 2.05) is 6.21 Å². The van der Waals surface area contributed by atoms with Crippen molar-refractivity contribution in [1.29, 1.82) is 0 Å². The van der Waals surface area contributed by atoms with Crippen LogP contribution < -0.4 is 0 Å². The van der Waals surface area contributed by atoms with Crippen molar-refractivity contribution in [3.63, 3.8) is 0 Å². The normalized spacial score (nSPS) is 13.8. The molecule has 0 heterocycles. The van der Waals surface area contributed by atoms with Gasteiger partial charge in [-0.25, -0.2) is 0 Å². The van der Waals surface area contributed by atoms with Gasteiger partial charge in [-0.05, 0) is 37.0 Å². The molecule has 1 rings (SSSR count). The summed E-state index contributed by atoms with van der Waals surface area (Å²) in [6.45, 7) is 12.7. The van der Waals surface area contributed by atoms with Crippen molar-refractivity contribution >= 4 is 24.6 Å². The van der Waals surface area contributed by atoms with Gasteiger partial charge in [0, 0.05) is 12.8 Å². The first-order valence-corrected chi connectivity index (χ1v) is 12.8. The molecule has 20 heavy (non-hydrogen) atoms. The van der Waals surface area contributed by atoms with E-state index in [4.69, 9.17) is 0 Å². The molecular formula is C17H29NSSi. The molecule has 0 spiro atoms. The van der Waals surface area contributed by atoms with Crippen LogP contribution in [-0.4, -0.2) is 25.2 Å². The monoisotopic (exact) mass is 307 g/mol. The van der Waals surface area contributed by atoms with E-state index in [1.165, 1.54) is 30.4 Å². The summed E-state index contributed by atoms with van der Waals surface area (Å²) in [4.78, 5) is 4.56. The Kier molecular flexibility index (Phi) is 7.60. The van der Waals surface area contributed by atoms with Crippen molar-refractivity contribution < 1.29 is 0 Å². The van der Waals surface area contributed by atoms with E-state index in [1.54, 1.807) is 0 Å². The van der Waals surface area contributed by atoms with Gasteiger partial charge in [0.05, 0.1) is 0 Å². The van der Waals surface area contributed by atoms with Crippen molar-refractivity contribution in [2.24, 2.45) is 4.99 Å². The van der Waals surface area contributed by atoms with Crippen molar-refractivity contribution in [2.45, 2.75) is 58.0 Å². The highest BCUT2D eigenvalue weighted by Crippen LogP contribution is 2.29. The van der Waals surface area contributed by atoms with Gasteiger partial charge in [0.1, 0.15) is 7.22 Å². The summed E-state index contributed by atoms with van der Waals surface area (Å²) >= 11 is 2.25. The minimum Gasteiger partial charge on any atom is -0.293 e. The van der Waals surface area contributed by atoms with Gasteiger partial charge in [-0.1, -0.05) is 56.4 Å². The highest BCUT2D eigenvalue weighted by Gasteiger charge is 2.19. The molecule has 0 fully saturated rings. The number of nitrogens with zero attached hydrogens (tertiary/aromatic N) is 1. The van der Waals surface area contributed by atoms with Crippen molar-refractivity contribution in [3.05, 3.63) is 35.4 Å². The van der Waals surface area contributed by atoms with Crippen molar-refractivity contribution in [2.75, 3.05) is 6.54 Å². The Balaban J connectivity index is 2.30. The molecule has 0 radical (unpaired) electrons. The smallest absolute Gasteiger partial charge is 0.108 e. The summed E-state index contributed by atoms with van der Waals surface area (Å²) in [7, 11) is -0.990. The molecule has 1 aromatic carbocycles. The van der Waals surface area contributed by atoms with E-state index in [9.17, 15) is 0 Å². The van der Waals surface area contributed by atoms with Crippen molar-refractivity contribution in [1.82, 2.24) is 0 Å². The van der Waals surface area contributed by atoms with Crippen LogP contribution in [0.3, 0.4) is 0 Å². The molecule has 112 valence electrons. The van der Waals surface area contributed by atoms with E-state index >= 15 is 0 Å². The first kappa shape index (κ1) is 17.5. The Labute approximate surface area is 129 Å². The Morgan fingerprint density at radius 3 is 2.65 bits per heavy atom. The molecule has 1 unspecified atom stereocenters.